The molecule has 0 saturated carbocycles. The van der Waals surface area contributed by atoms with E-state index in [0.29, 0.717) is 12.2 Å². The lowest BCUT2D eigenvalue weighted by atomic mass is 10.0. The molecule has 4 N–H and O–H groups in total. The molecule has 1 aromatic rings. The Kier molecular flexibility index (Phi) is 6.02. The van der Waals surface area contributed by atoms with Gasteiger partial charge in [0.25, 0.3) is 0 Å². The van der Waals surface area contributed by atoms with E-state index in [0.717, 1.165) is 18.5 Å². The lowest BCUT2D eigenvalue weighted by molar-refractivity contribution is -0.119. The fourth-order valence-corrected chi connectivity index (χ4v) is 1.66. The molecule has 19 heavy (non-hydrogen) atoms. The van der Waals surface area contributed by atoms with Gasteiger partial charge >= 0.3 is 0 Å². The molecule has 0 aliphatic rings. The SMILES string of the molecule is CC(=O)Nc1ccc(NC(=O)C(C)CCCN)cc1. The van der Waals surface area contributed by atoms with Crippen LogP contribution in [0, 0.1) is 5.92 Å². The number of carbonyl (C=O) groups excluding carboxylic acids is 2. The summed E-state index contributed by atoms with van der Waals surface area (Å²) in [5.74, 6) is -0.188. The van der Waals surface area contributed by atoms with E-state index < -0.39 is 0 Å². The molecule has 1 atom stereocenters. The molecule has 1 aromatic carbocycles. The van der Waals surface area contributed by atoms with Crippen molar-refractivity contribution >= 4 is 23.2 Å². The maximum atomic E-state index is 11.9. The fourth-order valence-electron chi connectivity index (χ4n) is 1.66. The van der Waals surface area contributed by atoms with E-state index in [1.807, 2.05) is 6.92 Å². The highest BCUT2D eigenvalue weighted by molar-refractivity contribution is 5.93. The summed E-state index contributed by atoms with van der Waals surface area (Å²) < 4.78 is 0. The second kappa shape index (κ2) is 7.53. The number of rotatable bonds is 6. The van der Waals surface area contributed by atoms with Crippen LogP contribution in [0.15, 0.2) is 24.3 Å². The fraction of sp³-hybridized carbons (Fsp3) is 0.429. The zero-order valence-corrected chi connectivity index (χ0v) is 11.4. The second-order valence-corrected chi connectivity index (χ2v) is 4.58. The Morgan fingerprint density at radius 2 is 1.68 bits per heavy atom. The quantitative estimate of drug-likeness (QED) is 0.733. The van der Waals surface area contributed by atoms with Gasteiger partial charge in [-0.2, -0.15) is 0 Å². The lowest BCUT2D eigenvalue weighted by Gasteiger charge is -2.12. The van der Waals surface area contributed by atoms with Gasteiger partial charge in [-0.05, 0) is 43.7 Å². The number of hydrogen-bond acceptors (Lipinski definition) is 3. The molecule has 0 aliphatic heterocycles. The summed E-state index contributed by atoms with van der Waals surface area (Å²) in [5, 5.41) is 5.51. The van der Waals surface area contributed by atoms with Crippen molar-refractivity contribution in [2.45, 2.75) is 26.7 Å². The Hall–Kier alpha value is -1.88. The van der Waals surface area contributed by atoms with Crippen molar-refractivity contribution in [1.29, 1.82) is 0 Å². The van der Waals surface area contributed by atoms with E-state index in [1.165, 1.54) is 6.92 Å². The highest BCUT2D eigenvalue weighted by Gasteiger charge is 2.12. The van der Waals surface area contributed by atoms with Gasteiger partial charge in [-0.3, -0.25) is 9.59 Å². The van der Waals surface area contributed by atoms with Crippen LogP contribution in [-0.2, 0) is 9.59 Å². The number of hydrogen-bond donors (Lipinski definition) is 3. The van der Waals surface area contributed by atoms with Gasteiger partial charge in [0.15, 0.2) is 0 Å². The van der Waals surface area contributed by atoms with E-state index in [-0.39, 0.29) is 17.7 Å². The molecule has 0 spiro atoms. The summed E-state index contributed by atoms with van der Waals surface area (Å²) in [6.45, 7) is 3.94. The standard InChI is InChI=1S/C14H21N3O2/c1-10(4-3-9-15)14(19)17-13-7-5-12(6-8-13)16-11(2)18/h5-8,10H,3-4,9,15H2,1-2H3,(H,16,18)(H,17,19). The van der Waals surface area contributed by atoms with Crippen LogP contribution in [0.25, 0.3) is 0 Å². The molecule has 0 fully saturated rings. The Bertz CT molecular complexity index is 429. The molecule has 0 radical (unpaired) electrons. The molecule has 104 valence electrons. The largest absolute Gasteiger partial charge is 0.330 e. The van der Waals surface area contributed by atoms with Crippen molar-refractivity contribution in [3.8, 4) is 0 Å². The molecule has 2 amide bonds. The first-order valence-corrected chi connectivity index (χ1v) is 6.41. The molecule has 0 aliphatic carbocycles. The van der Waals surface area contributed by atoms with Crippen LogP contribution in [0.3, 0.4) is 0 Å². The summed E-state index contributed by atoms with van der Waals surface area (Å²) in [4.78, 5) is 22.7. The lowest BCUT2D eigenvalue weighted by Crippen LogP contribution is -2.21. The van der Waals surface area contributed by atoms with Crippen LogP contribution >= 0.6 is 0 Å². The maximum Gasteiger partial charge on any atom is 0.227 e. The van der Waals surface area contributed by atoms with Gasteiger partial charge in [-0.1, -0.05) is 6.92 Å². The Morgan fingerprint density at radius 1 is 1.16 bits per heavy atom. The Balaban J connectivity index is 2.52. The molecule has 5 heteroatoms. The summed E-state index contributed by atoms with van der Waals surface area (Å²) in [5.41, 5.74) is 6.85. The summed E-state index contributed by atoms with van der Waals surface area (Å²) in [6.07, 6.45) is 1.63. The van der Waals surface area contributed by atoms with Gasteiger partial charge in [0.05, 0.1) is 0 Å². The first kappa shape index (κ1) is 15.2. The predicted molar refractivity (Wildman–Crippen MR) is 76.8 cm³/mol. The number of nitrogens with two attached hydrogens (primary N) is 1. The third-order valence-corrected chi connectivity index (χ3v) is 2.76. The number of amides is 2. The minimum Gasteiger partial charge on any atom is -0.330 e. The van der Waals surface area contributed by atoms with E-state index >= 15 is 0 Å². The van der Waals surface area contributed by atoms with Gasteiger partial charge in [0.1, 0.15) is 0 Å². The van der Waals surface area contributed by atoms with Gasteiger partial charge in [-0.15, -0.1) is 0 Å². The van der Waals surface area contributed by atoms with Gasteiger partial charge in [-0.25, -0.2) is 0 Å². The van der Waals surface area contributed by atoms with Crippen LogP contribution in [0.2, 0.25) is 0 Å². The third-order valence-electron chi connectivity index (χ3n) is 2.76. The maximum absolute atomic E-state index is 11.9. The summed E-state index contributed by atoms with van der Waals surface area (Å²) >= 11 is 0. The van der Waals surface area contributed by atoms with E-state index in [9.17, 15) is 9.59 Å². The van der Waals surface area contributed by atoms with Crippen LogP contribution < -0.4 is 16.4 Å². The van der Waals surface area contributed by atoms with Crippen molar-refractivity contribution in [3.63, 3.8) is 0 Å². The smallest absolute Gasteiger partial charge is 0.227 e. The van der Waals surface area contributed by atoms with E-state index in [2.05, 4.69) is 10.6 Å². The minimum absolute atomic E-state index is 0.0132. The number of carbonyl (C=O) groups is 2. The van der Waals surface area contributed by atoms with Crippen LogP contribution in [0.1, 0.15) is 26.7 Å². The highest BCUT2D eigenvalue weighted by atomic mass is 16.2. The molecular weight excluding hydrogens is 242 g/mol. The first-order chi connectivity index (χ1) is 9.02. The molecule has 0 aromatic heterocycles. The van der Waals surface area contributed by atoms with Crippen molar-refractivity contribution < 1.29 is 9.59 Å². The van der Waals surface area contributed by atoms with E-state index in [4.69, 9.17) is 5.73 Å². The molecule has 1 rings (SSSR count). The molecule has 0 bridgehead atoms. The minimum atomic E-state index is -0.118. The topological polar surface area (TPSA) is 84.2 Å². The second-order valence-electron chi connectivity index (χ2n) is 4.58. The Labute approximate surface area is 113 Å². The predicted octanol–water partition coefficient (Wildman–Crippen LogP) is 1.96. The monoisotopic (exact) mass is 263 g/mol. The summed E-state index contributed by atoms with van der Waals surface area (Å²) in [6, 6.07) is 7.03. The third kappa shape index (κ3) is 5.52. The van der Waals surface area contributed by atoms with Gasteiger partial charge in [0, 0.05) is 24.2 Å². The first-order valence-electron chi connectivity index (χ1n) is 6.41. The zero-order chi connectivity index (χ0) is 14.3. The zero-order valence-electron chi connectivity index (χ0n) is 11.4. The van der Waals surface area contributed by atoms with Crippen molar-refractivity contribution in [1.82, 2.24) is 0 Å². The highest BCUT2D eigenvalue weighted by Crippen LogP contribution is 2.15. The Morgan fingerprint density at radius 3 is 2.16 bits per heavy atom. The molecule has 1 unspecified atom stereocenters. The number of nitrogens with one attached hydrogen (secondary N) is 2. The van der Waals surface area contributed by atoms with E-state index in [1.54, 1.807) is 24.3 Å². The normalized spacial score (nSPS) is 11.7. The summed E-state index contributed by atoms with van der Waals surface area (Å²) in [7, 11) is 0. The van der Waals surface area contributed by atoms with Crippen molar-refractivity contribution in [3.05, 3.63) is 24.3 Å². The molecule has 0 saturated heterocycles. The number of anilines is 2. The van der Waals surface area contributed by atoms with Crippen LogP contribution in [0.4, 0.5) is 11.4 Å². The number of benzene rings is 1. The molecule has 0 heterocycles. The van der Waals surface area contributed by atoms with Gasteiger partial charge < -0.3 is 16.4 Å². The van der Waals surface area contributed by atoms with Crippen molar-refractivity contribution in [2.75, 3.05) is 17.2 Å². The van der Waals surface area contributed by atoms with Gasteiger partial charge in [0.2, 0.25) is 11.8 Å². The average molecular weight is 263 g/mol. The van der Waals surface area contributed by atoms with Crippen molar-refractivity contribution in [2.24, 2.45) is 11.7 Å². The molecule has 5 nitrogen and oxygen atoms in total. The van der Waals surface area contributed by atoms with Crippen LogP contribution in [0.5, 0.6) is 0 Å². The molecular formula is C14H21N3O2. The van der Waals surface area contributed by atoms with Crippen LogP contribution in [-0.4, -0.2) is 18.4 Å². The average Bonchev–Trinajstić information content (AvgIpc) is 2.37.